The molecule has 0 aliphatic heterocycles. The van der Waals surface area contributed by atoms with Crippen LogP contribution >= 0.6 is 0 Å². The smallest absolute Gasteiger partial charge is 0.304 e. The van der Waals surface area contributed by atoms with E-state index >= 15 is 0 Å². The summed E-state index contributed by atoms with van der Waals surface area (Å²) in [7, 11) is 0. The number of halogens is 1. The van der Waals surface area contributed by atoms with Gasteiger partial charge in [0.05, 0.1) is 11.0 Å². The number of hydrogen-bond acceptors (Lipinski definition) is 4. The maximum Gasteiger partial charge on any atom is 0.304 e. The van der Waals surface area contributed by atoms with Crippen LogP contribution in [0.2, 0.25) is 0 Å². The average molecular weight is 256 g/mol. The molecule has 1 aromatic carbocycles. The van der Waals surface area contributed by atoms with E-state index in [2.05, 4.69) is 5.32 Å². The van der Waals surface area contributed by atoms with Crippen LogP contribution in [0.4, 0.5) is 10.1 Å². The van der Waals surface area contributed by atoms with E-state index in [1.54, 1.807) is 6.92 Å². The number of carbonyl (C=O) groups is 1. The Hall–Kier alpha value is -2.02. The molecule has 1 amide bonds. The monoisotopic (exact) mass is 256 g/mol. The van der Waals surface area contributed by atoms with Crippen LogP contribution in [0.5, 0.6) is 0 Å². The molecule has 0 saturated carbocycles. The van der Waals surface area contributed by atoms with Crippen molar-refractivity contribution in [3.05, 3.63) is 39.7 Å². The van der Waals surface area contributed by atoms with Gasteiger partial charge in [0.1, 0.15) is 0 Å². The van der Waals surface area contributed by atoms with Crippen molar-refractivity contribution in [1.82, 2.24) is 5.32 Å². The lowest BCUT2D eigenvalue weighted by Gasteiger charge is -2.09. The van der Waals surface area contributed by atoms with E-state index in [1.807, 2.05) is 0 Å². The highest BCUT2D eigenvalue weighted by Gasteiger charge is 2.16. The van der Waals surface area contributed by atoms with Crippen molar-refractivity contribution < 1.29 is 19.2 Å². The normalized spacial score (nSPS) is 11.9. The van der Waals surface area contributed by atoms with Crippen molar-refractivity contribution in [1.29, 1.82) is 0 Å². The van der Waals surface area contributed by atoms with Crippen LogP contribution in [0.3, 0.4) is 0 Å². The van der Waals surface area contributed by atoms with Crippen LogP contribution < -0.4 is 5.32 Å². The third-order valence-corrected chi connectivity index (χ3v) is 2.38. The minimum Gasteiger partial charge on any atom is -0.391 e. The van der Waals surface area contributed by atoms with Crippen molar-refractivity contribution >= 4 is 11.6 Å². The lowest BCUT2D eigenvalue weighted by Crippen LogP contribution is -2.31. The van der Waals surface area contributed by atoms with Crippen LogP contribution in [0.15, 0.2) is 18.2 Å². The van der Waals surface area contributed by atoms with Gasteiger partial charge in [-0.1, -0.05) is 6.92 Å². The highest BCUT2D eigenvalue weighted by Crippen LogP contribution is 2.17. The summed E-state index contributed by atoms with van der Waals surface area (Å²) >= 11 is 0. The molecule has 0 heterocycles. The Balaban J connectivity index is 2.76. The van der Waals surface area contributed by atoms with Gasteiger partial charge >= 0.3 is 5.69 Å². The minimum atomic E-state index is -1.07. The first-order valence-corrected chi connectivity index (χ1v) is 5.36. The SMILES string of the molecule is CCC(O)CNC(=O)c1ccc([N+](=O)[O-])c(F)c1. The molecule has 1 atom stereocenters. The molecule has 0 spiro atoms. The van der Waals surface area contributed by atoms with Crippen molar-refractivity contribution in [3.63, 3.8) is 0 Å². The number of rotatable bonds is 5. The summed E-state index contributed by atoms with van der Waals surface area (Å²) < 4.78 is 13.3. The molecule has 0 bridgehead atoms. The molecule has 7 heteroatoms. The van der Waals surface area contributed by atoms with E-state index in [1.165, 1.54) is 0 Å². The topological polar surface area (TPSA) is 92.5 Å². The van der Waals surface area contributed by atoms with Gasteiger partial charge in [0.2, 0.25) is 5.82 Å². The predicted octanol–water partition coefficient (Wildman–Crippen LogP) is 1.23. The molecule has 0 aromatic heterocycles. The number of nitro groups is 1. The molecule has 0 aliphatic carbocycles. The van der Waals surface area contributed by atoms with Gasteiger partial charge in [-0.25, -0.2) is 0 Å². The number of aliphatic hydroxyl groups excluding tert-OH is 1. The maximum atomic E-state index is 13.3. The number of nitro benzene ring substituents is 1. The molecule has 6 nitrogen and oxygen atoms in total. The standard InChI is InChI=1S/C11H13FN2O4/c1-2-8(15)6-13-11(16)7-3-4-10(14(17)18)9(12)5-7/h3-5,8,15H,2,6H2,1H3,(H,13,16). The van der Waals surface area contributed by atoms with E-state index < -0.39 is 28.4 Å². The molecule has 2 N–H and O–H groups in total. The number of benzene rings is 1. The Kier molecular flexibility index (Phi) is 4.73. The number of aliphatic hydroxyl groups is 1. The summed E-state index contributed by atoms with van der Waals surface area (Å²) in [5.41, 5.74) is -0.707. The molecule has 1 unspecified atom stereocenters. The van der Waals surface area contributed by atoms with Crippen LogP contribution in [0, 0.1) is 15.9 Å². The summed E-state index contributed by atoms with van der Waals surface area (Å²) in [5, 5.41) is 22.0. The average Bonchev–Trinajstić information content (AvgIpc) is 2.34. The number of amides is 1. The Labute approximate surface area is 103 Å². The van der Waals surface area contributed by atoms with Gasteiger partial charge in [0.15, 0.2) is 0 Å². The molecule has 1 rings (SSSR count). The molecule has 0 fully saturated rings. The second-order valence-electron chi connectivity index (χ2n) is 3.70. The third-order valence-electron chi connectivity index (χ3n) is 2.38. The van der Waals surface area contributed by atoms with Crippen LogP contribution in [0.1, 0.15) is 23.7 Å². The first-order valence-electron chi connectivity index (χ1n) is 5.36. The summed E-state index contributed by atoms with van der Waals surface area (Å²) in [6, 6.07) is 2.89. The lowest BCUT2D eigenvalue weighted by atomic mass is 10.2. The summed E-state index contributed by atoms with van der Waals surface area (Å²) in [6.07, 6.45) is -0.189. The molecule has 0 radical (unpaired) electrons. The second kappa shape index (κ2) is 6.06. The second-order valence-corrected chi connectivity index (χ2v) is 3.70. The fourth-order valence-electron chi connectivity index (χ4n) is 1.25. The lowest BCUT2D eigenvalue weighted by molar-refractivity contribution is -0.387. The molecular weight excluding hydrogens is 243 g/mol. The zero-order valence-electron chi connectivity index (χ0n) is 9.72. The highest BCUT2D eigenvalue weighted by molar-refractivity contribution is 5.94. The van der Waals surface area contributed by atoms with Gasteiger partial charge in [-0.15, -0.1) is 0 Å². The van der Waals surface area contributed by atoms with Gasteiger partial charge in [0, 0.05) is 18.2 Å². The molecular formula is C11H13FN2O4. The first kappa shape index (κ1) is 14.0. The number of nitrogens with one attached hydrogen (secondary N) is 1. The Morgan fingerprint density at radius 3 is 2.78 bits per heavy atom. The summed E-state index contributed by atoms with van der Waals surface area (Å²) in [4.78, 5) is 21.1. The van der Waals surface area contributed by atoms with Crippen LogP contribution in [-0.2, 0) is 0 Å². The first-order chi connectivity index (χ1) is 8.45. The molecule has 18 heavy (non-hydrogen) atoms. The fraction of sp³-hybridized carbons (Fsp3) is 0.364. The van der Waals surface area contributed by atoms with Gasteiger partial charge in [-0.3, -0.25) is 14.9 Å². The van der Waals surface area contributed by atoms with E-state index in [4.69, 9.17) is 0 Å². The quantitative estimate of drug-likeness (QED) is 0.612. The van der Waals surface area contributed by atoms with Gasteiger partial charge < -0.3 is 10.4 Å². The fourth-order valence-corrected chi connectivity index (χ4v) is 1.25. The van der Waals surface area contributed by atoms with Gasteiger partial charge in [-0.05, 0) is 18.6 Å². The van der Waals surface area contributed by atoms with E-state index in [-0.39, 0.29) is 12.1 Å². The van der Waals surface area contributed by atoms with Gasteiger partial charge in [0.25, 0.3) is 5.91 Å². The minimum absolute atomic E-state index is 0.0265. The maximum absolute atomic E-state index is 13.3. The third kappa shape index (κ3) is 3.49. The summed E-state index contributed by atoms with van der Waals surface area (Å²) in [6.45, 7) is 1.80. The Morgan fingerprint density at radius 1 is 1.61 bits per heavy atom. The van der Waals surface area contributed by atoms with Crippen LogP contribution in [-0.4, -0.2) is 28.6 Å². The predicted molar refractivity (Wildman–Crippen MR) is 61.7 cm³/mol. The Morgan fingerprint density at radius 2 is 2.28 bits per heavy atom. The molecule has 98 valence electrons. The van der Waals surface area contributed by atoms with Crippen molar-refractivity contribution in [2.75, 3.05) is 6.54 Å². The highest BCUT2D eigenvalue weighted by atomic mass is 19.1. The molecule has 0 aliphatic rings. The number of carbonyl (C=O) groups excluding carboxylic acids is 1. The zero-order chi connectivity index (χ0) is 13.7. The van der Waals surface area contributed by atoms with Crippen molar-refractivity contribution in [2.24, 2.45) is 0 Å². The largest absolute Gasteiger partial charge is 0.391 e. The molecule has 0 saturated heterocycles. The summed E-state index contributed by atoms with van der Waals surface area (Å²) in [5.74, 6) is -1.65. The zero-order valence-corrected chi connectivity index (χ0v) is 9.72. The van der Waals surface area contributed by atoms with Crippen molar-refractivity contribution in [2.45, 2.75) is 19.4 Å². The molecule has 1 aromatic rings. The van der Waals surface area contributed by atoms with Crippen molar-refractivity contribution in [3.8, 4) is 0 Å². The number of hydrogen-bond donors (Lipinski definition) is 2. The number of nitrogens with zero attached hydrogens (tertiary/aromatic N) is 1. The van der Waals surface area contributed by atoms with E-state index in [0.29, 0.717) is 6.42 Å². The van der Waals surface area contributed by atoms with E-state index in [9.17, 15) is 24.4 Å². The van der Waals surface area contributed by atoms with Crippen LogP contribution in [0.25, 0.3) is 0 Å². The van der Waals surface area contributed by atoms with Gasteiger partial charge in [-0.2, -0.15) is 4.39 Å². The van der Waals surface area contributed by atoms with E-state index in [0.717, 1.165) is 18.2 Å². The Bertz CT molecular complexity index is 464.